The Morgan fingerprint density at radius 3 is 2.43 bits per heavy atom. The maximum Gasteiger partial charge on any atom is 0.303 e. The van der Waals surface area contributed by atoms with Gasteiger partial charge in [-0.05, 0) is 49.9 Å². The van der Waals surface area contributed by atoms with Crippen LogP contribution in [0.3, 0.4) is 0 Å². The Bertz CT molecular complexity index is 1010. The maximum atomic E-state index is 12.6. The zero-order valence-corrected chi connectivity index (χ0v) is 20.7. The van der Waals surface area contributed by atoms with Crippen LogP contribution in [0, 0.1) is 13.8 Å². The van der Waals surface area contributed by atoms with Gasteiger partial charge in [-0.15, -0.1) is 0 Å². The molecular formula is C27H35N3O5. The number of hydrogen-bond donors (Lipinski definition) is 2. The molecule has 1 fully saturated rings. The molecule has 0 saturated carbocycles. The first-order valence-corrected chi connectivity index (χ1v) is 12.3. The normalized spacial score (nSPS) is 19.1. The zero-order valence-electron chi connectivity index (χ0n) is 20.7. The van der Waals surface area contributed by atoms with Crippen molar-refractivity contribution >= 4 is 17.6 Å². The summed E-state index contributed by atoms with van der Waals surface area (Å²) in [4.78, 5) is 26.5. The number of para-hydroxylation sites is 3. The number of hydrogen-bond acceptors (Lipinski definition) is 7. The van der Waals surface area contributed by atoms with E-state index in [-0.39, 0.29) is 24.0 Å². The number of fused-ring (bicyclic) bond motifs is 1. The van der Waals surface area contributed by atoms with Crippen molar-refractivity contribution in [3.63, 3.8) is 0 Å². The predicted molar refractivity (Wildman–Crippen MR) is 134 cm³/mol. The molecule has 2 N–H and O–H groups in total. The van der Waals surface area contributed by atoms with E-state index in [1.165, 1.54) is 6.92 Å². The van der Waals surface area contributed by atoms with Crippen molar-refractivity contribution in [3.05, 3.63) is 53.6 Å². The van der Waals surface area contributed by atoms with Gasteiger partial charge in [0.25, 0.3) is 0 Å². The second-order valence-corrected chi connectivity index (χ2v) is 9.34. The summed E-state index contributed by atoms with van der Waals surface area (Å²) < 4.78 is 17.5. The molecule has 2 atom stereocenters. The molecule has 8 nitrogen and oxygen atoms in total. The van der Waals surface area contributed by atoms with Crippen molar-refractivity contribution in [3.8, 4) is 11.5 Å². The predicted octanol–water partition coefficient (Wildman–Crippen LogP) is 3.07. The number of esters is 1. The van der Waals surface area contributed by atoms with Crippen LogP contribution in [-0.4, -0.2) is 67.8 Å². The van der Waals surface area contributed by atoms with Gasteiger partial charge >= 0.3 is 5.97 Å². The third kappa shape index (κ3) is 6.74. The van der Waals surface area contributed by atoms with Crippen LogP contribution in [0.2, 0.25) is 0 Å². The lowest BCUT2D eigenvalue weighted by molar-refractivity contribution is -0.152. The first kappa shape index (κ1) is 25.0. The molecule has 2 aromatic carbocycles. The number of nitrogens with one attached hydrogen (secondary N) is 2. The van der Waals surface area contributed by atoms with Gasteiger partial charge in [0.05, 0.1) is 6.54 Å². The van der Waals surface area contributed by atoms with E-state index in [1.54, 1.807) is 0 Å². The molecule has 4 rings (SSSR count). The van der Waals surface area contributed by atoms with Crippen LogP contribution >= 0.6 is 0 Å². The number of carbonyl (C=O) groups is 2. The lowest BCUT2D eigenvalue weighted by Crippen LogP contribution is -2.51. The lowest BCUT2D eigenvalue weighted by atomic mass is 10.0. The highest BCUT2D eigenvalue weighted by atomic mass is 16.6. The summed E-state index contributed by atoms with van der Waals surface area (Å²) in [7, 11) is 0. The second kappa shape index (κ2) is 11.6. The largest absolute Gasteiger partial charge is 0.486 e. The molecule has 188 valence electrons. The van der Waals surface area contributed by atoms with Crippen LogP contribution in [0.25, 0.3) is 0 Å². The SMILES string of the molecule is CC(=O)OC(CNC1CCN(CC(=O)Nc2c(C)cccc2C)CC1)C1COc2ccccc2O1. The average Bonchev–Trinajstić information content (AvgIpc) is 2.84. The third-order valence-electron chi connectivity index (χ3n) is 6.57. The molecule has 35 heavy (non-hydrogen) atoms. The van der Waals surface area contributed by atoms with E-state index in [2.05, 4.69) is 15.5 Å². The highest BCUT2D eigenvalue weighted by molar-refractivity contribution is 5.93. The van der Waals surface area contributed by atoms with Gasteiger partial charge in [0.1, 0.15) is 6.61 Å². The van der Waals surface area contributed by atoms with Crippen LogP contribution in [0.1, 0.15) is 30.9 Å². The van der Waals surface area contributed by atoms with Crippen molar-refractivity contribution in [2.24, 2.45) is 0 Å². The first-order valence-electron chi connectivity index (χ1n) is 12.3. The Morgan fingerprint density at radius 2 is 1.74 bits per heavy atom. The smallest absolute Gasteiger partial charge is 0.303 e. The molecular weight excluding hydrogens is 446 g/mol. The van der Waals surface area contributed by atoms with Crippen LogP contribution in [0.4, 0.5) is 5.69 Å². The molecule has 0 radical (unpaired) electrons. The van der Waals surface area contributed by atoms with Crippen molar-refractivity contribution in [1.82, 2.24) is 10.2 Å². The van der Waals surface area contributed by atoms with Gasteiger partial charge in [0, 0.05) is 38.3 Å². The number of amides is 1. The first-order chi connectivity index (χ1) is 16.9. The number of piperidine rings is 1. The fraction of sp³-hybridized carbons (Fsp3) is 0.481. The van der Waals surface area contributed by atoms with Crippen LogP contribution in [0.15, 0.2) is 42.5 Å². The number of anilines is 1. The van der Waals surface area contributed by atoms with Crippen molar-refractivity contribution in [2.75, 3.05) is 38.1 Å². The van der Waals surface area contributed by atoms with Gasteiger partial charge in [0.15, 0.2) is 23.7 Å². The van der Waals surface area contributed by atoms with Gasteiger partial charge in [-0.3, -0.25) is 14.5 Å². The number of nitrogens with zero attached hydrogens (tertiary/aromatic N) is 1. The van der Waals surface area contributed by atoms with Gasteiger partial charge in [-0.25, -0.2) is 0 Å². The molecule has 1 saturated heterocycles. The van der Waals surface area contributed by atoms with E-state index in [0.717, 1.165) is 42.7 Å². The third-order valence-corrected chi connectivity index (χ3v) is 6.57. The molecule has 2 aliphatic rings. The van der Waals surface area contributed by atoms with Gasteiger partial charge < -0.3 is 24.8 Å². The quantitative estimate of drug-likeness (QED) is 0.560. The Hall–Kier alpha value is -3.10. The van der Waals surface area contributed by atoms with E-state index in [4.69, 9.17) is 14.2 Å². The van der Waals surface area contributed by atoms with Crippen molar-refractivity contribution in [2.45, 2.75) is 51.9 Å². The van der Waals surface area contributed by atoms with E-state index < -0.39 is 6.10 Å². The monoisotopic (exact) mass is 481 g/mol. The zero-order chi connectivity index (χ0) is 24.8. The minimum Gasteiger partial charge on any atom is -0.486 e. The number of ether oxygens (including phenoxy) is 3. The number of benzene rings is 2. The van der Waals surface area contributed by atoms with Crippen LogP contribution < -0.4 is 20.1 Å². The second-order valence-electron chi connectivity index (χ2n) is 9.34. The van der Waals surface area contributed by atoms with Gasteiger partial charge in [0.2, 0.25) is 5.91 Å². The minimum absolute atomic E-state index is 0.0125. The topological polar surface area (TPSA) is 89.1 Å². The Balaban J connectivity index is 1.24. The minimum atomic E-state index is -0.456. The summed E-state index contributed by atoms with van der Waals surface area (Å²) in [5.74, 6) is 1.03. The summed E-state index contributed by atoms with van der Waals surface area (Å²) in [6.07, 6.45) is 0.986. The molecule has 0 aliphatic carbocycles. The summed E-state index contributed by atoms with van der Waals surface area (Å²) >= 11 is 0. The highest BCUT2D eigenvalue weighted by Gasteiger charge is 2.32. The van der Waals surface area contributed by atoms with Crippen molar-refractivity contribution < 1.29 is 23.8 Å². The van der Waals surface area contributed by atoms with Crippen LogP contribution in [-0.2, 0) is 14.3 Å². The number of rotatable bonds is 8. The molecule has 2 heterocycles. The van der Waals surface area contributed by atoms with E-state index in [9.17, 15) is 9.59 Å². The van der Waals surface area contributed by atoms with Crippen LogP contribution in [0.5, 0.6) is 11.5 Å². The molecule has 2 aromatic rings. The van der Waals surface area contributed by atoms with Crippen molar-refractivity contribution in [1.29, 1.82) is 0 Å². The molecule has 1 amide bonds. The molecule has 0 bridgehead atoms. The lowest BCUT2D eigenvalue weighted by Gasteiger charge is -2.35. The molecule has 8 heteroatoms. The maximum absolute atomic E-state index is 12.6. The molecule has 2 unspecified atom stereocenters. The number of carbonyl (C=O) groups excluding carboxylic acids is 2. The highest BCUT2D eigenvalue weighted by Crippen LogP contribution is 2.32. The Morgan fingerprint density at radius 1 is 1.06 bits per heavy atom. The number of likely N-dealkylation sites (tertiary alicyclic amines) is 1. The van der Waals surface area contributed by atoms with E-state index in [0.29, 0.717) is 31.2 Å². The molecule has 0 aromatic heterocycles. The fourth-order valence-electron chi connectivity index (χ4n) is 4.65. The van der Waals surface area contributed by atoms with Gasteiger partial charge in [-0.2, -0.15) is 0 Å². The summed E-state index contributed by atoms with van der Waals surface area (Å²) in [6, 6.07) is 13.8. The summed E-state index contributed by atoms with van der Waals surface area (Å²) in [6.45, 7) is 8.26. The standard InChI is InChI=1S/C27H35N3O5/c1-18-7-6-8-19(2)27(18)29-26(32)16-30-13-11-21(12-14-30)28-15-24(34-20(3)31)25-17-33-22-9-4-5-10-23(22)35-25/h4-10,21,24-25,28H,11-17H2,1-3H3,(H,29,32). The van der Waals surface area contributed by atoms with E-state index in [1.807, 2.05) is 56.3 Å². The average molecular weight is 482 g/mol. The number of aryl methyl sites for hydroxylation is 2. The Labute approximate surface area is 206 Å². The fourth-order valence-corrected chi connectivity index (χ4v) is 4.65. The van der Waals surface area contributed by atoms with Gasteiger partial charge in [-0.1, -0.05) is 30.3 Å². The molecule has 0 spiro atoms. The van der Waals surface area contributed by atoms with E-state index >= 15 is 0 Å². The molecule has 2 aliphatic heterocycles. The Kier molecular flexibility index (Phi) is 8.25. The summed E-state index contributed by atoms with van der Waals surface area (Å²) in [5, 5.41) is 6.61. The summed E-state index contributed by atoms with van der Waals surface area (Å²) in [5.41, 5.74) is 3.04.